The highest BCUT2D eigenvalue weighted by Crippen LogP contribution is 2.19. The van der Waals surface area contributed by atoms with Crippen molar-refractivity contribution in [3.63, 3.8) is 0 Å². The summed E-state index contributed by atoms with van der Waals surface area (Å²) >= 11 is 0. The predicted molar refractivity (Wildman–Crippen MR) is 76.4 cm³/mol. The Kier molecular flexibility index (Phi) is 4.22. The van der Waals surface area contributed by atoms with Gasteiger partial charge in [0.25, 0.3) is 5.91 Å². The lowest BCUT2D eigenvalue weighted by Gasteiger charge is -2.16. The molecule has 0 aromatic carbocycles. The number of hydrogen-bond donors (Lipinski definition) is 1. The summed E-state index contributed by atoms with van der Waals surface area (Å²) in [6.45, 7) is 7.38. The number of nitrogens with one attached hydrogen (secondary N) is 1. The Morgan fingerprint density at radius 1 is 1.50 bits per heavy atom. The van der Waals surface area contributed by atoms with Crippen LogP contribution in [0.15, 0.2) is 18.7 Å². The predicted octanol–water partition coefficient (Wildman–Crippen LogP) is 2.02. The largest absolute Gasteiger partial charge is 0.347 e. The zero-order chi connectivity index (χ0) is 14.7. The summed E-state index contributed by atoms with van der Waals surface area (Å²) in [4.78, 5) is 21.2. The van der Waals surface area contributed by atoms with Crippen LogP contribution in [0.2, 0.25) is 0 Å². The van der Waals surface area contributed by atoms with Gasteiger partial charge in [0.1, 0.15) is 0 Å². The fourth-order valence-corrected chi connectivity index (χ4v) is 2.09. The quantitative estimate of drug-likeness (QED) is 0.907. The first kappa shape index (κ1) is 14.3. The highest BCUT2D eigenvalue weighted by Gasteiger charge is 2.21. The lowest BCUT2D eigenvalue weighted by Crippen LogP contribution is -2.27. The highest BCUT2D eigenvalue weighted by atomic mass is 16.2. The van der Waals surface area contributed by atoms with Crippen LogP contribution in [0, 0.1) is 0 Å². The standard InChI is InChI=1S/C14H21N5O/c1-5-19-8-12(13(17-19)10(2)3)14(20)18(4)7-11-6-15-9-16-11/h6,8-10H,5,7H2,1-4H3,(H,15,16). The first-order chi connectivity index (χ1) is 9.52. The van der Waals surface area contributed by atoms with Crippen LogP contribution in [0.3, 0.4) is 0 Å². The minimum absolute atomic E-state index is 0.0111. The maximum atomic E-state index is 12.6. The Hall–Kier alpha value is -2.11. The molecule has 0 aliphatic rings. The van der Waals surface area contributed by atoms with Crippen molar-refractivity contribution < 1.29 is 4.79 Å². The van der Waals surface area contributed by atoms with E-state index in [9.17, 15) is 4.79 Å². The van der Waals surface area contributed by atoms with Gasteiger partial charge in [-0.1, -0.05) is 13.8 Å². The van der Waals surface area contributed by atoms with Crippen LogP contribution in [0.1, 0.15) is 48.4 Å². The highest BCUT2D eigenvalue weighted by molar-refractivity contribution is 5.95. The van der Waals surface area contributed by atoms with Gasteiger partial charge in [-0.15, -0.1) is 0 Å². The van der Waals surface area contributed by atoms with Gasteiger partial charge in [-0.25, -0.2) is 4.98 Å². The van der Waals surface area contributed by atoms with Crippen LogP contribution in [0.4, 0.5) is 0 Å². The minimum atomic E-state index is -0.0111. The fourth-order valence-electron chi connectivity index (χ4n) is 2.09. The van der Waals surface area contributed by atoms with Crippen molar-refractivity contribution >= 4 is 5.91 Å². The lowest BCUT2D eigenvalue weighted by molar-refractivity contribution is 0.0782. The van der Waals surface area contributed by atoms with Gasteiger partial charge in [-0.2, -0.15) is 5.10 Å². The van der Waals surface area contributed by atoms with E-state index in [4.69, 9.17) is 0 Å². The number of amides is 1. The second-order valence-electron chi connectivity index (χ2n) is 5.18. The van der Waals surface area contributed by atoms with Gasteiger partial charge in [-0.3, -0.25) is 9.48 Å². The summed E-state index contributed by atoms with van der Waals surface area (Å²) in [6.07, 6.45) is 5.17. The van der Waals surface area contributed by atoms with Gasteiger partial charge in [0.15, 0.2) is 0 Å². The molecule has 1 amide bonds. The van der Waals surface area contributed by atoms with Crippen LogP contribution in [-0.4, -0.2) is 37.6 Å². The summed E-state index contributed by atoms with van der Waals surface area (Å²) in [7, 11) is 1.79. The molecule has 20 heavy (non-hydrogen) atoms. The molecule has 0 bridgehead atoms. The van der Waals surface area contributed by atoms with Crippen molar-refractivity contribution in [3.05, 3.63) is 35.7 Å². The van der Waals surface area contributed by atoms with Crippen molar-refractivity contribution in [2.75, 3.05) is 7.05 Å². The van der Waals surface area contributed by atoms with Gasteiger partial charge < -0.3 is 9.88 Å². The zero-order valence-electron chi connectivity index (χ0n) is 12.4. The second kappa shape index (κ2) is 5.90. The molecule has 0 saturated heterocycles. The van der Waals surface area contributed by atoms with E-state index in [0.717, 1.165) is 17.9 Å². The first-order valence-electron chi connectivity index (χ1n) is 6.83. The molecule has 2 aromatic rings. The summed E-state index contributed by atoms with van der Waals surface area (Å²) in [5, 5.41) is 4.48. The number of nitrogens with zero attached hydrogens (tertiary/aromatic N) is 4. The zero-order valence-corrected chi connectivity index (χ0v) is 12.4. The van der Waals surface area contributed by atoms with Crippen LogP contribution >= 0.6 is 0 Å². The third-order valence-electron chi connectivity index (χ3n) is 3.20. The van der Waals surface area contributed by atoms with E-state index < -0.39 is 0 Å². The molecule has 6 heteroatoms. The van der Waals surface area contributed by atoms with Crippen molar-refractivity contribution in [1.82, 2.24) is 24.6 Å². The molecule has 2 heterocycles. The Bertz CT molecular complexity index is 570. The second-order valence-corrected chi connectivity index (χ2v) is 5.18. The van der Waals surface area contributed by atoms with Gasteiger partial charge in [0.2, 0.25) is 0 Å². The molecule has 108 valence electrons. The third-order valence-corrected chi connectivity index (χ3v) is 3.20. The molecule has 0 fully saturated rings. The Morgan fingerprint density at radius 2 is 2.25 bits per heavy atom. The molecule has 0 atom stereocenters. The van der Waals surface area contributed by atoms with Crippen LogP contribution in [0.25, 0.3) is 0 Å². The van der Waals surface area contributed by atoms with Crippen LogP contribution in [0.5, 0.6) is 0 Å². The molecule has 0 radical (unpaired) electrons. The van der Waals surface area contributed by atoms with Gasteiger partial charge in [-0.05, 0) is 12.8 Å². The van der Waals surface area contributed by atoms with Gasteiger partial charge >= 0.3 is 0 Å². The molecule has 0 spiro atoms. The number of rotatable bonds is 5. The maximum absolute atomic E-state index is 12.6. The molecule has 0 unspecified atom stereocenters. The van der Waals surface area contributed by atoms with Crippen molar-refractivity contribution in [3.8, 4) is 0 Å². The number of imidazole rings is 1. The van der Waals surface area contributed by atoms with E-state index >= 15 is 0 Å². The van der Waals surface area contributed by atoms with E-state index in [1.807, 2.05) is 31.6 Å². The average molecular weight is 275 g/mol. The van der Waals surface area contributed by atoms with E-state index in [1.54, 1.807) is 24.5 Å². The molecule has 0 aliphatic heterocycles. The maximum Gasteiger partial charge on any atom is 0.257 e. The van der Waals surface area contributed by atoms with E-state index in [0.29, 0.717) is 12.1 Å². The van der Waals surface area contributed by atoms with Crippen LogP contribution in [-0.2, 0) is 13.1 Å². The SMILES string of the molecule is CCn1cc(C(=O)N(C)Cc2cnc[nH]2)c(C(C)C)n1. The van der Waals surface area contributed by atoms with Gasteiger partial charge in [0.05, 0.1) is 29.8 Å². The number of aryl methyl sites for hydroxylation is 1. The first-order valence-corrected chi connectivity index (χ1v) is 6.83. The number of carbonyl (C=O) groups is 1. The number of hydrogen-bond acceptors (Lipinski definition) is 3. The lowest BCUT2D eigenvalue weighted by atomic mass is 10.1. The summed E-state index contributed by atoms with van der Waals surface area (Å²) < 4.78 is 1.81. The van der Waals surface area contributed by atoms with Gasteiger partial charge in [0, 0.05) is 26.0 Å². The molecule has 1 N–H and O–H groups in total. The number of H-pyrrole nitrogens is 1. The summed E-state index contributed by atoms with van der Waals surface area (Å²) in [5.41, 5.74) is 2.45. The molecule has 2 rings (SSSR count). The molecule has 0 saturated carbocycles. The van der Waals surface area contributed by atoms with E-state index in [-0.39, 0.29) is 11.8 Å². The topological polar surface area (TPSA) is 66.8 Å². The minimum Gasteiger partial charge on any atom is -0.347 e. The Balaban J connectivity index is 2.21. The van der Waals surface area contributed by atoms with Crippen molar-refractivity contribution in [1.29, 1.82) is 0 Å². The fraction of sp³-hybridized carbons (Fsp3) is 0.500. The van der Waals surface area contributed by atoms with Crippen molar-refractivity contribution in [2.45, 2.75) is 39.8 Å². The summed E-state index contributed by atoms with van der Waals surface area (Å²) in [6, 6.07) is 0. The van der Waals surface area contributed by atoms with E-state index in [1.165, 1.54) is 0 Å². The third kappa shape index (κ3) is 2.89. The van der Waals surface area contributed by atoms with Crippen LogP contribution < -0.4 is 0 Å². The number of aromatic amines is 1. The van der Waals surface area contributed by atoms with Crippen molar-refractivity contribution in [2.24, 2.45) is 0 Å². The summed E-state index contributed by atoms with van der Waals surface area (Å²) in [5.74, 6) is 0.213. The molecular formula is C14H21N5O. The number of carbonyl (C=O) groups excluding carboxylic acids is 1. The van der Waals surface area contributed by atoms with E-state index in [2.05, 4.69) is 15.1 Å². The monoisotopic (exact) mass is 275 g/mol. The normalized spacial score (nSPS) is 11.1. The Labute approximate surface area is 118 Å². The smallest absolute Gasteiger partial charge is 0.257 e. The average Bonchev–Trinajstić information content (AvgIpc) is 3.06. The molecule has 2 aromatic heterocycles. The number of aromatic nitrogens is 4. The Morgan fingerprint density at radius 3 is 2.80 bits per heavy atom. The molecular weight excluding hydrogens is 254 g/mol. The molecule has 0 aliphatic carbocycles. The molecule has 6 nitrogen and oxygen atoms in total.